The van der Waals surface area contributed by atoms with E-state index in [9.17, 15) is 0 Å². The van der Waals surface area contributed by atoms with E-state index in [4.69, 9.17) is 5.73 Å². The van der Waals surface area contributed by atoms with Crippen LogP contribution in [-0.4, -0.2) is 6.17 Å². The van der Waals surface area contributed by atoms with Crippen LogP contribution in [0.5, 0.6) is 0 Å². The zero-order valence-corrected chi connectivity index (χ0v) is 5.59. The molecule has 2 heteroatoms. The van der Waals surface area contributed by atoms with Gasteiger partial charge >= 0.3 is 0 Å². The van der Waals surface area contributed by atoms with Gasteiger partial charge in [0.25, 0.3) is 0 Å². The predicted octanol–water partition coefficient (Wildman–Crippen LogP) is 0.725. The second-order valence-electron chi connectivity index (χ2n) is 2.12. The van der Waals surface area contributed by atoms with E-state index in [2.05, 4.69) is 18.3 Å². The Bertz CT molecular complexity index is 147. The Balaban J connectivity index is 2.52. The minimum absolute atomic E-state index is 0.0142. The molecule has 0 fully saturated rings. The van der Waals surface area contributed by atoms with E-state index < -0.39 is 0 Å². The maximum Gasteiger partial charge on any atom is 0.0934 e. The van der Waals surface area contributed by atoms with Crippen LogP contribution in [0.4, 0.5) is 0 Å². The van der Waals surface area contributed by atoms with Gasteiger partial charge in [0.05, 0.1) is 6.17 Å². The lowest BCUT2D eigenvalue weighted by molar-refractivity contribution is 0.717. The largest absolute Gasteiger partial charge is 0.372 e. The van der Waals surface area contributed by atoms with Gasteiger partial charge in [-0.3, -0.25) is 0 Å². The van der Waals surface area contributed by atoms with Crippen molar-refractivity contribution in [2.24, 2.45) is 5.73 Å². The summed E-state index contributed by atoms with van der Waals surface area (Å²) in [6, 6.07) is 0. The minimum atomic E-state index is 0.0142. The molecular weight excluding hydrogens is 112 g/mol. The molecule has 0 aliphatic carbocycles. The van der Waals surface area contributed by atoms with Crippen molar-refractivity contribution in [1.29, 1.82) is 0 Å². The fraction of sp³-hybridized carbons (Fsp3) is 0.429. The maximum absolute atomic E-state index is 5.51. The molecule has 1 heterocycles. The number of hydrogen-bond acceptors (Lipinski definition) is 2. The van der Waals surface area contributed by atoms with E-state index in [-0.39, 0.29) is 6.17 Å². The topological polar surface area (TPSA) is 38.0 Å². The average Bonchev–Trinajstić information content (AvgIpc) is 1.90. The molecule has 0 bridgehead atoms. The van der Waals surface area contributed by atoms with Crippen LogP contribution in [-0.2, 0) is 0 Å². The van der Waals surface area contributed by atoms with Crippen LogP contribution < -0.4 is 11.1 Å². The van der Waals surface area contributed by atoms with E-state index in [1.54, 1.807) is 0 Å². The van der Waals surface area contributed by atoms with Crippen molar-refractivity contribution in [3.05, 3.63) is 23.9 Å². The van der Waals surface area contributed by atoms with Gasteiger partial charge in [-0.2, -0.15) is 0 Å². The maximum atomic E-state index is 5.51. The molecule has 0 aromatic rings. The summed E-state index contributed by atoms with van der Waals surface area (Å²) in [5, 5.41) is 3.01. The summed E-state index contributed by atoms with van der Waals surface area (Å²) >= 11 is 0. The third-order valence-electron chi connectivity index (χ3n) is 1.39. The van der Waals surface area contributed by atoms with Gasteiger partial charge in [-0.05, 0) is 18.1 Å². The highest BCUT2D eigenvalue weighted by molar-refractivity contribution is 5.22. The lowest BCUT2D eigenvalue weighted by Gasteiger charge is -2.12. The second kappa shape index (κ2) is 2.69. The van der Waals surface area contributed by atoms with Crippen LogP contribution in [0.25, 0.3) is 0 Å². The summed E-state index contributed by atoms with van der Waals surface area (Å²) < 4.78 is 0. The fourth-order valence-corrected chi connectivity index (χ4v) is 0.754. The Labute approximate surface area is 55.4 Å². The van der Waals surface area contributed by atoms with Gasteiger partial charge in [0.1, 0.15) is 0 Å². The van der Waals surface area contributed by atoms with Gasteiger partial charge in [-0.15, -0.1) is 0 Å². The SMILES string of the molecule is CCC1=CNC(N)C=C1. The van der Waals surface area contributed by atoms with E-state index in [0.29, 0.717) is 0 Å². The second-order valence-corrected chi connectivity index (χ2v) is 2.12. The molecule has 1 rings (SSSR count). The van der Waals surface area contributed by atoms with Gasteiger partial charge in [0.2, 0.25) is 0 Å². The molecule has 0 radical (unpaired) electrons. The number of allylic oxidation sites excluding steroid dienone is 2. The number of hydrogen-bond donors (Lipinski definition) is 2. The lowest BCUT2D eigenvalue weighted by atomic mass is 10.1. The number of nitrogens with two attached hydrogens (primary N) is 1. The first-order valence-corrected chi connectivity index (χ1v) is 3.22. The lowest BCUT2D eigenvalue weighted by Crippen LogP contribution is -2.33. The molecule has 1 aliphatic rings. The van der Waals surface area contributed by atoms with Gasteiger partial charge in [0, 0.05) is 6.20 Å². The van der Waals surface area contributed by atoms with Gasteiger partial charge in [-0.1, -0.05) is 13.0 Å². The van der Waals surface area contributed by atoms with Crippen LogP contribution in [0, 0.1) is 0 Å². The van der Waals surface area contributed by atoms with Crippen LogP contribution >= 0.6 is 0 Å². The predicted molar refractivity (Wildman–Crippen MR) is 38.6 cm³/mol. The first-order chi connectivity index (χ1) is 4.33. The van der Waals surface area contributed by atoms with Crippen molar-refractivity contribution in [2.75, 3.05) is 0 Å². The summed E-state index contributed by atoms with van der Waals surface area (Å²) in [4.78, 5) is 0. The Hall–Kier alpha value is -0.760. The molecule has 50 valence electrons. The quantitative estimate of drug-likeness (QED) is 0.540. The number of dihydropyridines is 1. The first kappa shape index (κ1) is 6.36. The number of nitrogens with one attached hydrogen (secondary N) is 1. The zero-order chi connectivity index (χ0) is 6.69. The average molecular weight is 124 g/mol. The molecule has 0 spiro atoms. The van der Waals surface area contributed by atoms with E-state index in [0.717, 1.165) is 6.42 Å². The van der Waals surface area contributed by atoms with Gasteiger partial charge < -0.3 is 11.1 Å². The summed E-state index contributed by atoms with van der Waals surface area (Å²) in [5.74, 6) is 0. The van der Waals surface area contributed by atoms with Crippen molar-refractivity contribution >= 4 is 0 Å². The van der Waals surface area contributed by atoms with Crippen LogP contribution in [0.3, 0.4) is 0 Å². The van der Waals surface area contributed by atoms with Crippen molar-refractivity contribution in [1.82, 2.24) is 5.32 Å². The zero-order valence-electron chi connectivity index (χ0n) is 5.59. The third kappa shape index (κ3) is 1.57. The number of rotatable bonds is 1. The molecule has 0 aromatic heterocycles. The molecule has 3 N–H and O–H groups in total. The Morgan fingerprint density at radius 1 is 1.78 bits per heavy atom. The first-order valence-electron chi connectivity index (χ1n) is 3.22. The third-order valence-corrected chi connectivity index (χ3v) is 1.39. The monoisotopic (exact) mass is 124 g/mol. The van der Waals surface area contributed by atoms with Crippen molar-refractivity contribution in [3.63, 3.8) is 0 Å². The molecule has 0 amide bonds. The molecule has 9 heavy (non-hydrogen) atoms. The highest BCUT2D eigenvalue weighted by Crippen LogP contribution is 2.04. The van der Waals surface area contributed by atoms with E-state index in [1.165, 1.54) is 5.57 Å². The summed E-state index contributed by atoms with van der Waals surface area (Å²) in [7, 11) is 0. The summed E-state index contributed by atoms with van der Waals surface area (Å²) in [6.07, 6.45) is 7.06. The van der Waals surface area contributed by atoms with Crippen molar-refractivity contribution in [2.45, 2.75) is 19.5 Å². The molecule has 1 aliphatic heterocycles. The standard InChI is InChI=1S/C7H12N2/c1-2-6-3-4-7(8)9-5-6/h3-5,7,9H,2,8H2,1H3. The molecule has 0 aromatic carbocycles. The van der Waals surface area contributed by atoms with Gasteiger partial charge in [-0.25, -0.2) is 0 Å². The molecule has 2 nitrogen and oxygen atoms in total. The van der Waals surface area contributed by atoms with Crippen molar-refractivity contribution < 1.29 is 0 Å². The molecular formula is C7H12N2. The van der Waals surface area contributed by atoms with E-state index in [1.807, 2.05) is 12.3 Å². The smallest absolute Gasteiger partial charge is 0.0934 e. The summed E-state index contributed by atoms with van der Waals surface area (Å²) in [5.41, 5.74) is 6.81. The Morgan fingerprint density at radius 3 is 3.00 bits per heavy atom. The Kier molecular flexibility index (Phi) is 1.90. The normalized spacial score (nSPS) is 25.1. The summed E-state index contributed by atoms with van der Waals surface area (Å²) in [6.45, 7) is 2.12. The van der Waals surface area contributed by atoms with Crippen molar-refractivity contribution in [3.8, 4) is 0 Å². The van der Waals surface area contributed by atoms with Gasteiger partial charge in [0.15, 0.2) is 0 Å². The highest BCUT2D eigenvalue weighted by atomic mass is 15.0. The van der Waals surface area contributed by atoms with Crippen LogP contribution in [0.1, 0.15) is 13.3 Å². The molecule has 1 atom stereocenters. The molecule has 0 saturated carbocycles. The minimum Gasteiger partial charge on any atom is -0.372 e. The fourth-order valence-electron chi connectivity index (χ4n) is 0.754. The van der Waals surface area contributed by atoms with Crippen LogP contribution in [0.15, 0.2) is 23.9 Å². The van der Waals surface area contributed by atoms with Crippen LogP contribution in [0.2, 0.25) is 0 Å². The molecule has 0 saturated heterocycles. The Morgan fingerprint density at radius 2 is 2.56 bits per heavy atom. The highest BCUT2D eigenvalue weighted by Gasteiger charge is 1.98. The molecule has 1 unspecified atom stereocenters. The van der Waals surface area contributed by atoms with E-state index >= 15 is 0 Å².